The minimum Gasteiger partial charge on any atom is -0.497 e. The van der Waals surface area contributed by atoms with Crippen LogP contribution in [0.5, 0.6) is 5.75 Å². The third-order valence-corrected chi connectivity index (χ3v) is 6.43. The molecule has 0 spiro atoms. The van der Waals surface area contributed by atoms with Crippen LogP contribution < -0.4 is 10.1 Å². The lowest BCUT2D eigenvalue weighted by atomic mass is 10.1. The number of thioether (sulfide) groups is 1. The van der Waals surface area contributed by atoms with Gasteiger partial charge >= 0.3 is 0 Å². The molecule has 0 heterocycles. The fourth-order valence-corrected chi connectivity index (χ4v) is 4.10. The Morgan fingerprint density at radius 1 is 1.10 bits per heavy atom. The Hall–Kier alpha value is -1.99. The van der Waals surface area contributed by atoms with E-state index in [-0.39, 0.29) is 11.8 Å². The summed E-state index contributed by atoms with van der Waals surface area (Å²) in [6, 6.07) is 15.1. The van der Waals surface area contributed by atoms with Crippen molar-refractivity contribution in [3.8, 4) is 5.75 Å². The standard InChI is InChI=1S/C24H31BrN2O3S/c1-4-5-14-26-24(29)18(2)27(15-19-8-12-22(30-3)13-9-19)23(28)17-31-16-20-6-10-21(25)11-7-20/h6-13,18H,4-5,14-17H2,1-3H3,(H,26,29). The number of amides is 2. The Morgan fingerprint density at radius 3 is 2.35 bits per heavy atom. The lowest BCUT2D eigenvalue weighted by molar-refractivity contribution is -0.138. The van der Waals surface area contributed by atoms with Crippen LogP contribution in [0, 0.1) is 0 Å². The number of carbonyl (C=O) groups is 2. The van der Waals surface area contributed by atoms with Gasteiger partial charge in [0.05, 0.1) is 12.9 Å². The van der Waals surface area contributed by atoms with Gasteiger partial charge in [-0.2, -0.15) is 0 Å². The first-order valence-corrected chi connectivity index (χ1v) is 12.4. The van der Waals surface area contributed by atoms with Crippen LogP contribution in [0.25, 0.3) is 0 Å². The lowest BCUT2D eigenvalue weighted by Crippen LogP contribution is -2.48. The largest absolute Gasteiger partial charge is 0.497 e. The third kappa shape index (κ3) is 8.57. The molecule has 0 saturated carbocycles. The van der Waals surface area contributed by atoms with Crippen LogP contribution in [0.3, 0.4) is 0 Å². The summed E-state index contributed by atoms with van der Waals surface area (Å²) in [7, 11) is 1.62. The van der Waals surface area contributed by atoms with Crippen LogP contribution in [0.1, 0.15) is 37.8 Å². The average molecular weight is 507 g/mol. The highest BCUT2D eigenvalue weighted by Gasteiger charge is 2.25. The summed E-state index contributed by atoms with van der Waals surface area (Å²) in [6.45, 7) is 4.88. The maximum absolute atomic E-state index is 13.1. The van der Waals surface area contributed by atoms with Gasteiger partial charge in [0.2, 0.25) is 11.8 Å². The lowest BCUT2D eigenvalue weighted by Gasteiger charge is -2.29. The number of halogens is 1. The summed E-state index contributed by atoms with van der Waals surface area (Å²) in [5.41, 5.74) is 2.12. The van der Waals surface area contributed by atoms with Crippen LogP contribution >= 0.6 is 27.7 Å². The van der Waals surface area contributed by atoms with Crippen molar-refractivity contribution in [1.29, 1.82) is 0 Å². The molecular weight excluding hydrogens is 476 g/mol. The summed E-state index contributed by atoms with van der Waals surface area (Å²) in [6.07, 6.45) is 1.93. The number of rotatable bonds is 12. The van der Waals surface area contributed by atoms with Gasteiger partial charge in [-0.15, -0.1) is 11.8 Å². The van der Waals surface area contributed by atoms with Gasteiger partial charge in [-0.05, 0) is 48.7 Å². The number of benzene rings is 2. The Balaban J connectivity index is 2.03. The predicted octanol–water partition coefficient (Wildman–Crippen LogP) is 5.02. The molecule has 2 aromatic rings. The van der Waals surface area contributed by atoms with Gasteiger partial charge in [0.25, 0.3) is 0 Å². The van der Waals surface area contributed by atoms with Crippen molar-refractivity contribution >= 4 is 39.5 Å². The summed E-state index contributed by atoms with van der Waals surface area (Å²) in [5.74, 6) is 1.66. The molecule has 2 rings (SSSR count). The van der Waals surface area contributed by atoms with Crippen molar-refractivity contribution in [2.45, 2.75) is 45.0 Å². The van der Waals surface area contributed by atoms with Crippen molar-refractivity contribution < 1.29 is 14.3 Å². The van der Waals surface area contributed by atoms with Gasteiger partial charge in [0, 0.05) is 23.3 Å². The summed E-state index contributed by atoms with van der Waals surface area (Å²) in [4.78, 5) is 27.4. The monoisotopic (exact) mass is 506 g/mol. The molecule has 2 aromatic carbocycles. The zero-order valence-electron chi connectivity index (χ0n) is 18.4. The molecule has 5 nitrogen and oxygen atoms in total. The Bertz CT molecular complexity index is 828. The summed E-state index contributed by atoms with van der Waals surface area (Å²) < 4.78 is 6.25. The third-order valence-electron chi connectivity index (χ3n) is 4.92. The van der Waals surface area contributed by atoms with E-state index in [1.54, 1.807) is 30.7 Å². The van der Waals surface area contributed by atoms with Crippen LogP contribution in [0.4, 0.5) is 0 Å². The van der Waals surface area contributed by atoms with Gasteiger partial charge in [-0.1, -0.05) is 53.5 Å². The fraction of sp³-hybridized carbons (Fsp3) is 0.417. The number of ether oxygens (including phenoxy) is 1. The van der Waals surface area contributed by atoms with E-state index in [1.165, 1.54) is 0 Å². The zero-order chi connectivity index (χ0) is 22.6. The molecule has 7 heteroatoms. The van der Waals surface area contributed by atoms with E-state index < -0.39 is 6.04 Å². The fourth-order valence-electron chi connectivity index (χ4n) is 2.97. The van der Waals surface area contributed by atoms with Crippen LogP contribution in [-0.2, 0) is 21.9 Å². The van der Waals surface area contributed by atoms with Crippen molar-refractivity contribution in [3.05, 3.63) is 64.1 Å². The van der Waals surface area contributed by atoms with E-state index in [4.69, 9.17) is 4.74 Å². The molecular formula is C24H31BrN2O3S. The molecule has 0 saturated heterocycles. The van der Waals surface area contributed by atoms with Crippen molar-refractivity contribution in [3.63, 3.8) is 0 Å². The molecule has 0 aromatic heterocycles. The molecule has 0 aliphatic carbocycles. The molecule has 1 unspecified atom stereocenters. The van der Waals surface area contributed by atoms with Gasteiger partial charge in [0.1, 0.15) is 11.8 Å². The van der Waals surface area contributed by atoms with Gasteiger partial charge < -0.3 is 15.0 Å². The normalized spacial score (nSPS) is 11.6. The SMILES string of the molecule is CCCCNC(=O)C(C)N(Cc1ccc(OC)cc1)C(=O)CSCc1ccc(Br)cc1. The number of nitrogens with one attached hydrogen (secondary N) is 1. The number of methoxy groups -OCH3 is 1. The van der Waals surface area contributed by atoms with E-state index in [2.05, 4.69) is 28.2 Å². The number of carbonyl (C=O) groups excluding carboxylic acids is 2. The Kier molecular flexibility index (Phi) is 10.9. The first kappa shape index (κ1) is 25.3. The minimum absolute atomic E-state index is 0.0453. The van der Waals surface area contributed by atoms with Crippen LogP contribution in [0.2, 0.25) is 0 Å². The van der Waals surface area contributed by atoms with Gasteiger partial charge in [-0.25, -0.2) is 0 Å². The Labute approximate surface area is 198 Å². The van der Waals surface area contributed by atoms with E-state index >= 15 is 0 Å². The molecule has 2 amide bonds. The van der Waals surface area contributed by atoms with Crippen molar-refractivity contribution in [2.75, 3.05) is 19.4 Å². The quantitative estimate of drug-likeness (QED) is 0.410. The summed E-state index contributed by atoms with van der Waals surface area (Å²) >= 11 is 4.99. The Morgan fingerprint density at radius 2 is 1.74 bits per heavy atom. The molecule has 1 atom stereocenters. The molecule has 0 aliphatic rings. The van der Waals surface area contributed by atoms with E-state index in [1.807, 2.05) is 48.5 Å². The van der Waals surface area contributed by atoms with E-state index in [0.717, 1.165) is 39.9 Å². The number of hydrogen-bond donors (Lipinski definition) is 1. The molecule has 0 fully saturated rings. The van der Waals surface area contributed by atoms with E-state index in [9.17, 15) is 9.59 Å². The van der Waals surface area contributed by atoms with Gasteiger partial charge in [0.15, 0.2) is 0 Å². The van der Waals surface area contributed by atoms with Crippen molar-refractivity contribution in [2.24, 2.45) is 0 Å². The molecule has 31 heavy (non-hydrogen) atoms. The first-order chi connectivity index (χ1) is 14.9. The van der Waals surface area contributed by atoms with Gasteiger partial charge in [-0.3, -0.25) is 9.59 Å². The number of unbranched alkanes of at least 4 members (excludes halogenated alkanes) is 1. The minimum atomic E-state index is -0.542. The number of nitrogens with zero attached hydrogens (tertiary/aromatic N) is 1. The highest BCUT2D eigenvalue weighted by molar-refractivity contribution is 9.10. The maximum Gasteiger partial charge on any atom is 0.242 e. The number of hydrogen-bond acceptors (Lipinski definition) is 4. The second kappa shape index (κ2) is 13.4. The second-order valence-corrected chi connectivity index (χ2v) is 9.21. The molecule has 168 valence electrons. The smallest absolute Gasteiger partial charge is 0.242 e. The summed E-state index contributed by atoms with van der Waals surface area (Å²) in [5, 5.41) is 2.95. The molecule has 0 aliphatic heterocycles. The van der Waals surface area contributed by atoms with Crippen LogP contribution in [0.15, 0.2) is 53.0 Å². The zero-order valence-corrected chi connectivity index (χ0v) is 20.8. The predicted molar refractivity (Wildman–Crippen MR) is 131 cm³/mol. The highest BCUT2D eigenvalue weighted by Crippen LogP contribution is 2.19. The molecule has 1 N–H and O–H groups in total. The topological polar surface area (TPSA) is 58.6 Å². The second-order valence-electron chi connectivity index (χ2n) is 7.31. The van der Waals surface area contributed by atoms with Crippen LogP contribution in [-0.4, -0.2) is 42.2 Å². The molecule has 0 radical (unpaired) electrons. The highest BCUT2D eigenvalue weighted by atomic mass is 79.9. The molecule has 0 bridgehead atoms. The first-order valence-electron chi connectivity index (χ1n) is 10.5. The van der Waals surface area contributed by atoms with E-state index in [0.29, 0.717) is 18.8 Å². The average Bonchev–Trinajstić information content (AvgIpc) is 2.78. The van der Waals surface area contributed by atoms with Crippen molar-refractivity contribution in [1.82, 2.24) is 10.2 Å². The maximum atomic E-state index is 13.1.